The van der Waals surface area contributed by atoms with Crippen LogP contribution >= 0.6 is 11.3 Å². The van der Waals surface area contributed by atoms with Crippen molar-refractivity contribution >= 4 is 34.4 Å². The molecule has 0 fully saturated rings. The fourth-order valence-corrected chi connectivity index (χ4v) is 2.37. The highest BCUT2D eigenvalue weighted by Gasteiger charge is 2.16. The van der Waals surface area contributed by atoms with Gasteiger partial charge < -0.3 is 10.1 Å². The van der Waals surface area contributed by atoms with Crippen LogP contribution in [0.15, 0.2) is 30.3 Å². The maximum absolute atomic E-state index is 12.0. The minimum atomic E-state index is -0.692. The van der Waals surface area contributed by atoms with Gasteiger partial charge in [0.25, 0.3) is 0 Å². The third-order valence-corrected chi connectivity index (χ3v) is 3.81. The summed E-state index contributed by atoms with van der Waals surface area (Å²) in [4.78, 5) is 23.9. The summed E-state index contributed by atoms with van der Waals surface area (Å²) in [6.45, 7) is 3.39. The predicted octanol–water partition coefficient (Wildman–Crippen LogP) is 2.01. The van der Waals surface area contributed by atoms with Crippen molar-refractivity contribution < 1.29 is 14.3 Å². The molecule has 0 saturated heterocycles. The zero-order chi connectivity index (χ0) is 17.5. The molecule has 0 aliphatic carbocycles. The zero-order valence-corrected chi connectivity index (χ0v) is 14.4. The summed E-state index contributed by atoms with van der Waals surface area (Å²) in [6, 6.07) is 6.57. The van der Waals surface area contributed by atoms with Gasteiger partial charge in [-0.2, -0.15) is 0 Å². The highest BCUT2D eigenvalue weighted by Crippen LogP contribution is 2.14. The van der Waals surface area contributed by atoms with Crippen LogP contribution in [0.1, 0.15) is 17.5 Å². The number of aryl methyl sites for hydroxylation is 1. The number of benzene rings is 1. The Hall–Kier alpha value is -2.74. The van der Waals surface area contributed by atoms with E-state index in [0.29, 0.717) is 5.13 Å². The van der Waals surface area contributed by atoms with Gasteiger partial charge in [0.15, 0.2) is 0 Å². The summed E-state index contributed by atoms with van der Waals surface area (Å²) >= 11 is 1.27. The van der Waals surface area contributed by atoms with Gasteiger partial charge in [0.1, 0.15) is 16.8 Å². The Bertz CT molecular complexity index is 740. The Kier molecular flexibility index (Phi) is 6.02. The average Bonchev–Trinajstić information content (AvgIpc) is 2.98. The average molecular weight is 346 g/mol. The molecule has 1 aromatic carbocycles. The fraction of sp³-hybridized carbons (Fsp3) is 0.250. The number of amides is 2. The lowest BCUT2D eigenvalue weighted by molar-refractivity contribution is -0.123. The second kappa shape index (κ2) is 8.21. The topological polar surface area (TPSA) is 93.2 Å². The van der Waals surface area contributed by atoms with Gasteiger partial charge in [-0.05, 0) is 37.6 Å². The van der Waals surface area contributed by atoms with E-state index < -0.39 is 6.04 Å². The number of carbonyl (C=O) groups is 2. The molecule has 2 amide bonds. The smallest absolute Gasteiger partial charge is 0.248 e. The first-order valence-electron chi connectivity index (χ1n) is 7.21. The molecule has 1 atom stereocenters. The molecule has 0 aliphatic heterocycles. The van der Waals surface area contributed by atoms with Crippen LogP contribution in [-0.2, 0) is 9.59 Å². The third kappa shape index (κ3) is 5.17. The molecule has 2 rings (SSSR count). The lowest BCUT2D eigenvalue weighted by Gasteiger charge is -2.11. The number of aromatic nitrogens is 2. The second-order valence-corrected chi connectivity index (χ2v) is 6.13. The molecule has 0 bridgehead atoms. The number of nitrogens with zero attached hydrogens (tertiary/aromatic N) is 2. The Labute approximate surface area is 143 Å². The minimum Gasteiger partial charge on any atom is -0.497 e. The van der Waals surface area contributed by atoms with Gasteiger partial charge in [-0.1, -0.05) is 23.5 Å². The number of hydrogen-bond acceptors (Lipinski definition) is 6. The molecular formula is C16H18N4O3S. The van der Waals surface area contributed by atoms with E-state index in [2.05, 4.69) is 20.8 Å². The first-order chi connectivity index (χ1) is 11.5. The lowest BCUT2D eigenvalue weighted by atomic mass is 10.2. The van der Waals surface area contributed by atoms with Gasteiger partial charge in [-0.15, -0.1) is 10.2 Å². The molecule has 0 saturated carbocycles. The Balaban J connectivity index is 1.85. The van der Waals surface area contributed by atoms with Crippen LogP contribution in [0.5, 0.6) is 5.75 Å². The number of carbonyl (C=O) groups excluding carboxylic acids is 2. The molecule has 7 nitrogen and oxygen atoms in total. The SMILES string of the molecule is COc1ccc(/C=C/C(=O)NC(C)C(=O)Nc2nnc(C)s2)cc1. The van der Waals surface area contributed by atoms with Crippen molar-refractivity contribution in [1.29, 1.82) is 0 Å². The highest BCUT2D eigenvalue weighted by atomic mass is 32.1. The highest BCUT2D eigenvalue weighted by molar-refractivity contribution is 7.15. The molecule has 1 unspecified atom stereocenters. The van der Waals surface area contributed by atoms with Crippen LogP contribution in [0.25, 0.3) is 6.08 Å². The van der Waals surface area contributed by atoms with E-state index in [0.717, 1.165) is 16.3 Å². The van der Waals surface area contributed by atoms with Crippen molar-refractivity contribution in [3.8, 4) is 5.75 Å². The largest absolute Gasteiger partial charge is 0.497 e. The van der Waals surface area contributed by atoms with Gasteiger partial charge in [-0.25, -0.2) is 0 Å². The summed E-state index contributed by atoms with van der Waals surface area (Å²) in [7, 11) is 1.59. The number of ether oxygens (including phenoxy) is 1. The maximum atomic E-state index is 12.0. The number of nitrogens with one attached hydrogen (secondary N) is 2. The predicted molar refractivity (Wildman–Crippen MR) is 92.9 cm³/mol. The summed E-state index contributed by atoms with van der Waals surface area (Å²) in [5, 5.41) is 14.0. The molecule has 0 spiro atoms. The Morgan fingerprint density at radius 2 is 1.96 bits per heavy atom. The molecule has 1 aromatic heterocycles. The van der Waals surface area contributed by atoms with Gasteiger partial charge in [-0.3, -0.25) is 14.9 Å². The van der Waals surface area contributed by atoms with Crippen LogP contribution < -0.4 is 15.4 Å². The molecule has 0 radical (unpaired) electrons. The minimum absolute atomic E-state index is 0.350. The van der Waals surface area contributed by atoms with Crippen molar-refractivity contribution in [3.63, 3.8) is 0 Å². The quantitative estimate of drug-likeness (QED) is 0.781. The number of anilines is 1. The molecule has 2 N–H and O–H groups in total. The summed E-state index contributed by atoms with van der Waals surface area (Å²) < 4.78 is 5.07. The molecule has 0 aliphatic rings. The molecule has 2 aromatic rings. The fourth-order valence-electron chi connectivity index (χ4n) is 1.77. The molecule has 126 valence electrons. The second-order valence-electron chi connectivity index (χ2n) is 4.95. The summed E-state index contributed by atoms with van der Waals surface area (Å²) in [5.41, 5.74) is 0.854. The van der Waals surface area contributed by atoms with Crippen LogP contribution in [0.4, 0.5) is 5.13 Å². The van der Waals surface area contributed by atoms with Crippen molar-refractivity contribution in [2.45, 2.75) is 19.9 Å². The first kappa shape index (κ1) is 17.6. The maximum Gasteiger partial charge on any atom is 0.248 e. The number of hydrogen-bond donors (Lipinski definition) is 2. The van der Waals surface area contributed by atoms with E-state index in [9.17, 15) is 9.59 Å². The monoisotopic (exact) mass is 346 g/mol. The number of methoxy groups -OCH3 is 1. The van der Waals surface area contributed by atoms with Crippen molar-refractivity contribution in [2.24, 2.45) is 0 Å². The van der Waals surface area contributed by atoms with Gasteiger partial charge in [0, 0.05) is 6.08 Å². The molecule has 1 heterocycles. The van der Waals surface area contributed by atoms with Crippen molar-refractivity contribution in [3.05, 3.63) is 40.9 Å². The van der Waals surface area contributed by atoms with E-state index in [1.807, 2.05) is 12.1 Å². The molecular weight excluding hydrogens is 328 g/mol. The van der Waals surface area contributed by atoms with E-state index in [-0.39, 0.29) is 11.8 Å². The van der Waals surface area contributed by atoms with Gasteiger partial charge in [0.2, 0.25) is 16.9 Å². The first-order valence-corrected chi connectivity index (χ1v) is 8.03. The molecule has 24 heavy (non-hydrogen) atoms. The van der Waals surface area contributed by atoms with Crippen molar-refractivity contribution in [2.75, 3.05) is 12.4 Å². The van der Waals surface area contributed by atoms with Crippen LogP contribution in [0, 0.1) is 6.92 Å². The van der Waals surface area contributed by atoms with Gasteiger partial charge >= 0.3 is 0 Å². The molecule has 8 heteroatoms. The standard InChI is InChI=1S/C16H18N4O3S/c1-10(15(22)18-16-20-19-11(2)24-16)17-14(21)9-6-12-4-7-13(23-3)8-5-12/h4-10H,1-3H3,(H,17,21)(H,18,20,22)/b9-6+. The van der Waals surface area contributed by atoms with Crippen LogP contribution in [0.3, 0.4) is 0 Å². The van der Waals surface area contributed by atoms with Crippen molar-refractivity contribution in [1.82, 2.24) is 15.5 Å². The Morgan fingerprint density at radius 3 is 2.54 bits per heavy atom. The van der Waals surface area contributed by atoms with E-state index in [4.69, 9.17) is 4.74 Å². The van der Waals surface area contributed by atoms with Crippen LogP contribution in [0.2, 0.25) is 0 Å². The Morgan fingerprint density at radius 1 is 1.25 bits per heavy atom. The normalized spacial score (nSPS) is 12.0. The number of rotatable bonds is 6. The zero-order valence-electron chi connectivity index (χ0n) is 13.6. The van der Waals surface area contributed by atoms with E-state index in [1.54, 1.807) is 39.2 Å². The third-order valence-electron chi connectivity index (χ3n) is 3.05. The summed E-state index contributed by atoms with van der Waals surface area (Å²) in [6.07, 6.45) is 3.04. The van der Waals surface area contributed by atoms with E-state index >= 15 is 0 Å². The van der Waals surface area contributed by atoms with E-state index in [1.165, 1.54) is 17.4 Å². The van der Waals surface area contributed by atoms with Gasteiger partial charge in [0.05, 0.1) is 7.11 Å². The summed E-state index contributed by atoms with van der Waals surface area (Å²) in [5.74, 6) is 0.0352. The van der Waals surface area contributed by atoms with Crippen LogP contribution in [-0.4, -0.2) is 35.2 Å². The lowest BCUT2D eigenvalue weighted by Crippen LogP contribution is -2.40.